The van der Waals surface area contributed by atoms with Gasteiger partial charge in [0, 0.05) is 23.5 Å². The zero-order valence-electron chi connectivity index (χ0n) is 13.3. The molecule has 0 saturated heterocycles. The predicted molar refractivity (Wildman–Crippen MR) is 89.4 cm³/mol. The number of hydrogen-bond donors (Lipinski definition) is 2. The van der Waals surface area contributed by atoms with E-state index in [1.165, 1.54) is 38.4 Å². The molecule has 6 heteroatoms. The summed E-state index contributed by atoms with van der Waals surface area (Å²) in [5.41, 5.74) is 0.424. The van der Waals surface area contributed by atoms with E-state index >= 15 is 0 Å². The van der Waals surface area contributed by atoms with Gasteiger partial charge >= 0.3 is 11.9 Å². The molecule has 0 aromatic heterocycles. The number of hydrogen-bond acceptors (Lipinski definition) is 4. The lowest BCUT2D eigenvalue weighted by Gasteiger charge is -2.03. The van der Waals surface area contributed by atoms with Gasteiger partial charge in [-0.2, -0.15) is 0 Å². The average Bonchev–Trinajstić information content (AvgIpc) is 2.47. The van der Waals surface area contributed by atoms with E-state index in [1.54, 1.807) is 0 Å². The number of carboxylic acids is 2. The second kappa shape index (κ2) is 12.0. The number of carboxylic acid groups (broad SMARTS) is 2. The molecule has 0 bridgehead atoms. The van der Waals surface area contributed by atoms with Gasteiger partial charge in [-0.1, -0.05) is 27.0 Å². The Morgan fingerprint density at radius 2 is 1.09 bits per heavy atom. The van der Waals surface area contributed by atoms with Crippen molar-refractivity contribution in [3.05, 3.63) is 48.9 Å². The molecule has 22 heavy (non-hydrogen) atoms. The minimum absolute atomic E-state index is 0.0312. The van der Waals surface area contributed by atoms with Crippen molar-refractivity contribution in [3.63, 3.8) is 0 Å². The van der Waals surface area contributed by atoms with Crippen molar-refractivity contribution in [2.24, 2.45) is 9.98 Å². The normalized spacial score (nSPS) is 12.9. The van der Waals surface area contributed by atoms with Crippen molar-refractivity contribution in [3.8, 4) is 0 Å². The van der Waals surface area contributed by atoms with Crippen LogP contribution in [0.1, 0.15) is 27.7 Å². The molecule has 0 radical (unpaired) electrons. The van der Waals surface area contributed by atoms with E-state index in [0.717, 1.165) is 0 Å². The SMILES string of the molecule is C=CN=C(/C=C(\C)C(=O)O)C(/C=C(\C)C(=O)O)=NC=C.CC. The van der Waals surface area contributed by atoms with Crippen LogP contribution in [0.3, 0.4) is 0 Å². The van der Waals surface area contributed by atoms with Crippen LogP contribution < -0.4 is 0 Å². The van der Waals surface area contributed by atoms with Crippen LogP contribution in [0.4, 0.5) is 0 Å². The third-order valence-corrected chi connectivity index (χ3v) is 2.10. The molecule has 0 aliphatic carbocycles. The molecular weight excluding hydrogens is 284 g/mol. The molecule has 2 N–H and O–H groups in total. The Kier molecular flexibility index (Phi) is 11.8. The average molecular weight is 306 g/mol. The number of allylic oxidation sites excluding steroid dienone is 2. The Balaban J connectivity index is 0. The fourth-order valence-corrected chi connectivity index (χ4v) is 1.09. The van der Waals surface area contributed by atoms with Crippen LogP contribution >= 0.6 is 0 Å². The minimum Gasteiger partial charge on any atom is -0.478 e. The molecule has 0 saturated carbocycles. The fourth-order valence-electron chi connectivity index (χ4n) is 1.09. The van der Waals surface area contributed by atoms with Crippen LogP contribution in [-0.2, 0) is 9.59 Å². The number of aliphatic imine (C=N–C) groups is 2. The molecule has 0 aromatic carbocycles. The first-order valence-corrected chi connectivity index (χ1v) is 6.54. The van der Waals surface area contributed by atoms with Gasteiger partial charge in [-0.05, 0) is 26.0 Å². The Hall–Kier alpha value is -2.76. The van der Waals surface area contributed by atoms with E-state index in [-0.39, 0.29) is 22.6 Å². The third-order valence-electron chi connectivity index (χ3n) is 2.10. The van der Waals surface area contributed by atoms with Crippen LogP contribution in [-0.4, -0.2) is 33.6 Å². The molecular formula is C16H22N2O4. The highest BCUT2D eigenvalue weighted by Gasteiger charge is 2.09. The Bertz CT molecular complexity index is 502. The van der Waals surface area contributed by atoms with E-state index in [4.69, 9.17) is 10.2 Å². The van der Waals surface area contributed by atoms with Gasteiger partial charge in [0.25, 0.3) is 0 Å². The van der Waals surface area contributed by atoms with Crippen molar-refractivity contribution in [2.75, 3.05) is 0 Å². The van der Waals surface area contributed by atoms with Crippen LogP contribution in [0.2, 0.25) is 0 Å². The summed E-state index contributed by atoms with van der Waals surface area (Å²) in [5, 5.41) is 17.7. The zero-order chi connectivity index (χ0) is 17.7. The first kappa shape index (κ1) is 21.5. The molecule has 6 nitrogen and oxygen atoms in total. The maximum absolute atomic E-state index is 10.8. The molecule has 0 unspecified atom stereocenters. The fraction of sp³-hybridized carbons (Fsp3) is 0.250. The van der Waals surface area contributed by atoms with Gasteiger partial charge in [-0.25, -0.2) is 9.59 Å². The van der Waals surface area contributed by atoms with Crippen LogP contribution in [0.25, 0.3) is 0 Å². The molecule has 0 aliphatic heterocycles. The lowest BCUT2D eigenvalue weighted by Crippen LogP contribution is -2.13. The predicted octanol–water partition coefficient (Wildman–Crippen LogP) is 3.24. The monoisotopic (exact) mass is 306 g/mol. The summed E-state index contributed by atoms with van der Waals surface area (Å²) in [7, 11) is 0. The molecule has 0 aromatic rings. The van der Waals surface area contributed by atoms with Crippen LogP contribution in [0, 0.1) is 0 Å². The van der Waals surface area contributed by atoms with Gasteiger partial charge in [0.2, 0.25) is 0 Å². The highest BCUT2D eigenvalue weighted by molar-refractivity contribution is 6.51. The number of aliphatic carboxylic acids is 2. The molecule has 0 heterocycles. The van der Waals surface area contributed by atoms with Crippen molar-refractivity contribution in [1.29, 1.82) is 0 Å². The standard InChI is InChI=1S/C14H16N2O4.C2H6/c1-5-15-11(7-9(3)13(17)18)12(16-6-2)8-10(4)14(19)20;1-2/h5-8H,1-2H2,3-4H3,(H,17,18)(H,19,20);1-2H3/b9-7+,10-8+,15-11?,16-12?;. The molecule has 0 amide bonds. The summed E-state index contributed by atoms with van der Waals surface area (Å²) in [5.74, 6) is -2.22. The van der Waals surface area contributed by atoms with Crippen molar-refractivity contribution in [2.45, 2.75) is 27.7 Å². The molecule has 0 spiro atoms. The van der Waals surface area contributed by atoms with E-state index in [9.17, 15) is 9.59 Å². The summed E-state index contributed by atoms with van der Waals surface area (Å²) in [4.78, 5) is 29.5. The summed E-state index contributed by atoms with van der Waals surface area (Å²) >= 11 is 0. The first-order valence-electron chi connectivity index (χ1n) is 6.54. The van der Waals surface area contributed by atoms with Crippen LogP contribution in [0.5, 0.6) is 0 Å². The number of rotatable bonds is 7. The molecule has 120 valence electrons. The number of carbonyl (C=O) groups is 2. The Morgan fingerprint density at radius 3 is 1.27 bits per heavy atom. The summed E-state index contributed by atoms with van der Waals surface area (Å²) in [6, 6.07) is 0. The zero-order valence-corrected chi connectivity index (χ0v) is 13.3. The number of nitrogens with zero attached hydrogens (tertiary/aromatic N) is 2. The van der Waals surface area contributed by atoms with Crippen molar-refractivity contribution in [1.82, 2.24) is 0 Å². The van der Waals surface area contributed by atoms with Gasteiger partial charge < -0.3 is 10.2 Å². The summed E-state index contributed by atoms with van der Waals surface area (Å²) in [6.45, 7) is 13.6. The van der Waals surface area contributed by atoms with Crippen LogP contribution in [0.15, 0.2) is 58.8 Å². The van der Waals surface area contributed by atoms with Gasteiger partial charge in [-0.15, -0.1) is 0 Å². The van der Waals surface area contributed by atoms with Gasteiger partial charge in [0.05, 0.1) is 11.4 Å². The summed E-state index contributed by atoms with van der Waals surface area (Å²) < 4.78 is 0. The maximum Gasteiger partial charge on any atom is 0.331 e. The molecule has 0 fully saturated rings. The maximum atomic E-state index is 10.8. The van der Waals surface area contributed by atoms with Gasteiger partial charge in [0.1, 0.15) is 0 Å². The Labute approximate surface area is 130 Å². The highest BCUT2D eigenvalue weighted by Crippen LogP contribution is 2.02. The van der Waals surface area contributed by atoms with Crippen molar-refractivity contribution < 1.29 is 19.8 Å². The van der Waals surface area contributed by atoms with E-state index < -0.39 is 11.9 Å². The lowest BCUT2D eigenvalue weighted by molar-refractivity contribution is -0.133. The second-order valence-electron chi connectivity index (χ2n) is 3.66. The third kappa shape index (κ3) is 8.42. The van der Waals surface area contributed by atoms with Gasteiger partial charge in [-0.3, -0.25) is 9.98 Å². The second-order valence-corrected chi connectivity index (χ2v) is 3.66. The highest BCUT2D eigenvalue weighted by atomic mass is 16.4. The first-order chi connectivity index (χ1) is 10.3. The summed E-state index contributed by atoms with van der Waals surface area (Å²) in [6.07, 6.45) is 4.98. The largest absolute Gasteiger partial charge is 0.478 e. The van der Waals surface area contributed by atoms with E-state index in [2.05, 4.69) is 23.1 Å². The lowest BCUT2D eigenvalue weighted by atomic mass is 10.1. The van der Waals surface area contributed by atoms with E-state index in [1.807, 2.05) is 13.8 Å². The van der Waals surface area contributed by atoms with E-state index in [0.29, 0.717) is 0 Å². The minimum atomic E-state index is -1.11. The smallest absolute Gasteiger partial charge is 0.331 e. The quantitative estimate of drug-likeness (QED) is 0.557. The molecule has 0 aliphatic rings. The van der Waals surface area contributed by atoms with Crippen molar-refractivity contribution >= 4 is 23.4 Å². The Morgan fingerprint density at radius 1 is 0.818 bits per heavy atom. The topological polar surface area (TPSA) is 99.3 Å². The molecule has 0 atom stereocenters. The van der Waals surface area contributed by atoms with Gasteiger partial charge in [0.15, 0.2) is 0 Å². The molecule has 0 rings (SSSR count).